The number of anilines is 1. The third kappa shape index (κ3) is 3.68. The second kappa shape index (κ2) is 5.48. The molecular weight excluding hydrogens is 288 g/mol. The van der Waals surface area contributed by atoms with Gasteiger partial charge in [0.25, 0.3) is 0 Å². The molecule has 1 aromatic carbocycles. The number of rotatable bonds is 4. The van der Waals surface area contributed by atoms with Gasteiger partial charge in [0.15, 0.2) is 0 Å². The average molecular weight is 303 g/mol. The Kier molecular flexibility index (Phi) is 4.13. The lowest BCUT2D eigenvalue weighted by Crippen LogP contribution is -2.33. The third-order valence-corrected chi connectivity index (χ3v) is 3.91. The molecule has 1 N–H and O–H groups in total. The van der Waals surface area contributed by atoms with E-state index in [4.69, 9.17) is 11.6 Å². The van der Waals surface area contributed by atoms with Crippen molar-refractivity contribution in [1.29, 1.82) is 0 Å². The van der Waals surface area contributed by atoms with Gasteiger partial charge in [0.1, 0.15) is 0 Å². The van der Waals surface area contributed by atoms with Gasteiger partial charge in [0, 0.05) is 30.2 Å². The second-order valence-electron chi connectivity index (χ2n) is 4.48. The zero-order valence-corrected chi connectivity index (χ0v) is 12.1. The summed E-state index contributed by atoms with van der Waals surface area (Å²) in [5.74, 6) is -0.0998. The first-order valence-electron chi connectivity index (χ1n) is 5.90. The lowest BCUT2D eigenvalue weighted by Gasteiger charge is -2.17. The molecule has 0 spiro atoms. The van der Waals surface area contributed by atoms with Crippen molar-refractivity contribution in [2.45, 2.75) is 12.8 Å². The van der Waals surface area contributed by atoms with E-state index in [0.29, 0.717) is 11.6 Å². The van der Waals surface area contributed by atoms with Gasteiger partial charge in [-0.15, -0.1) is 0 Å². The highest BCUT2D eigenvalue weighted by Crippen LogP contribution is 2.30. The highest BCUT2D eigenvalue weighted by molar-refractivity contribution is 7.88. The molecule has 0 unspecified atom stereocenters. The zero-order valence-electron chi connectivity index (χ0n) is 10.5. The van der Waals surface area contributed by atoms with Gasteiger partial charge in [-0.3, -0.25) is 4.79 Å². The Labute approximate surface area is 117 Å². The van der Waals surface area contributed by atoms with Crippen LogP contribution in [0.1, 0.15) is 12.0 Å². The first-order chi connectivity index (χ1) is 8.87. The van der Waals surface area contributed by atoms with Crippen molar-refractivity contribution < 1.29 is 13.2 Å². The molecule has 0 atom stereocenters. The van der Waals surface area contributed by atoms with Crippen LogP contribution in [0.4, 0.5) is 5.69 Å². The molecule has 1 amide bonds. The van der Waals surface area contributed by atoms with Crippen molar-refractivity contribution in [3.05, 3.63) is 28.8 Å². The number of halogens is 1. The highest BCUT2D eigenvalue weighted by Gasteiger charge is 2.24. The van der Waals surface area contributed by atoms with Crippen LogP contribution in [0.15, 0.2) is 18.2 Å². The summed E-state index contributed by atoms with van der Waals surface area (Å²) in [5.41, 5.74) is 1.92. The smallest absolute Gasteiger partial charge is 0.228 e. The SMILES string of the molecule is CS(=O)(=O)NCCC(=O)N1CCc2ccc(Cl)cc21. The van der Waals surface area contributed by atoms with Gasteiger partial charge in [-0.2, -0.15) is 0 Å². The van der Waals surface area contributed by atoms with E-state index >= 15 is 0 Å². The maximum absolute atomic E-state index is 12.1. The number of sulfonamides is 1. The predicted molar refractivity (Wildman–Crippen MR) is 75.0 cm³/mol. The van der Waals surface area contributed by atoms with Crippen LogP contribution >= 0.6 is 11.6 Å². The molecular formula is C12H15ClN2O3S. The summed E-state index contributed by atoms with van der Waals surface area (Å²) in [4.78, 5) is 13.7. The zero-order chi connectivity index (χ0) is 14.0. The van der Waals surface area contributed by atoms with Gasteiger partial charge in [0.2, 0.25) is 15.9 Å². The number of hydrogen-bond acceptors (Lipinski definition) is 3. The van der Waals surface area contributed by atoms with Crippen molar-refractivity contribution in [2.24, 2.45) is 0 Å². The molecule has 0 aliphatic carbocycles. The standard InChI is InChI=1S/C12H15ClN2O3S/c1-19(17,18)14-6-4-12(16)15-7-5-9-2-3-10(13)8-11(9)15/h2-3,8,14H,4-7H2,1H3. The maximum Gasteiger partial charge on any atom is 0.228 e. The van der Waals surface area contributed by atoms with Crippen LogP contribution in [-0.4, -0.2) is 33.7 Å². The molecule has 1 aliphatic rings. The number of benzene rings is 1. The topological polar surface area (TPSA) is 66.5 Å². The van der Waals surface area contributed by atoms with Crippen molar-refractivity contribution in [3.8, 4) is 0 Å². The minimum absolute atomic E-state index is 0.0998. The molecule has 0 aromatic heterocycles. The van der Waals surface area contributed by atoms with Gasteiger partial charge in [0.05, 0.1) is 6.26 Å². The number of hydrogen-bond donors (Lipinski definition) is 1. The van der Waals surface area contributed by atoms with E-state index < -0.39 is 10.0 Å². The molecule has 104 valence electrons. The number of amides is 1. The Morgan fingerprint density at radius 1 is 1.47 bits per heavy atom. The molecule has 0 saturated carbocycles. The first kappa shape index (κ1) is 14.3. The van der Waals surface area contributed by atoms with Crippen molar-refractivity contribution in [1.82, 2.24) is 4.72 Å². The fourth-order valence-electron chi connectivity index (χ4n) is 2.09. The Hall–Kier alpha value is -1.11. The summed E-state index contributed by atoms with van der Waals surface area (Å²) < 4.78 is 24.2. The van der Waals surface area contributed by atoms with Crippen LogP contribution in [-0.2, 0) is 21.2 Å². The van der Waals surface area contributed by atoms with Gasteiger partial charge in [-0.05, 0) is 24.1 Å². The lowest BCUT2D eigenvalue weighted by molar-refractivity contribution is -0.118. The first-order valence-corrected chi connectivity index (χ1v) is 8.17. The maximum atomic E-state index is 12.1. The van der Waals surface area contributed by atoms with E-state index in [-0.39, 0.29) is 18.9 Å². The molecule has 2 rings (SSSR count). The van der Waals surface area contributed by atoms with E-state index in [1.54, 1.807) is 17.0 Å². The Morgan fingerprint density at radius 3 is 2.89 bits per heavy atom. The molecule has 5 nitrogen and oxygen atoms in total. The van der Waals surface area contributed by atoms with Crippen LogP contribution in [0.2, 0.25) is 5.02 Å². The summed E-state index contributed by atoms with van der Waals surface area (Å²) in [6.45, 7) is 0.734. The van der Waals surface area contributed by atoms with Gasteiger partial charge in [-0.25, -0.2) is 13.1 Å². The Bertz CT molecular complexity index is 601. The van der Waals surface area contributed by atoms with E-state index in [1.807, 2.05) is 6.07 Å². The number of nitrogens with one attached hydrogen (secondary N) is 1. The summed E-state index contributed by atoms with van der Waals surface area (Å²) in [6, 6.07) is 5.49. The summed E-state index contributed by atoms with van der Waals surface area (Å²) >= 11 is 5.93. The minimum atomic E-state index is -3.25. The van der Waals surface area contributed by atoms with Crippen molar-refractivity contribution in [3.63, 3.8) is 0 Å². The predicted octanol–water partition coefficient (Wildman–Crippen LogP) is 1.17. The van der Waals surface area contributed by atoms with E-state index in [2.05, 4.69) is 4.72 Å². The van der Waals surface area contributed by atoms with Crippen LogP contribution < -0.4 is 9.62 Å². The summed E-state index contributed by atoms with van der Waals surface area (Å²) in [6.07, 6.45) is 2.01. The number of carbonyl (C=O) groups excluding carboxylic acids is 1. The molecule has 0 fully saturated rings. The molecule has 1 heterocycles. The molecule has 19 heavy (non-hydrogen) atoms. The van der Waals surface area contributed by atoms with Crippen molar-refractivity contribution in [2.75, 3.05) is 24.2 Å². The Balaban J connectivity index is 2.01. The number of nitrogens with zero attached hydrogens (tertiary/aromatic N) is 1. The quantitative estimate of drug-likeness (QED) is 0.908. The number of carbonyl (C=O) groups is 1. The van der Waals surface area contributed by atoms with Crippen molar-refractivity contribution >= 4 is 33.2 Å². The Morgan fingerprint density at radius 2 is 2.21 bits per heavy atom. The lowest BCUT2D eigenvalue weighted by atomic mass is 10.2. The van der Waals surface area contributed by atoms with E-state index in [1.165, 1.54) is 0 Å². The van der Waals surface area contributed by atoms with E-state index in [9.17, 15) is 13.2 Å². The average Bonchev–Trinajstić information content (AvgIpc) is 2.69. The van der Waals surface area contributed by atoms with Crippen LogP contribution in [0.3, 0.4) is 0 Å². The molecule has 7 heteroatoms. The van der Waals surface area contributed by atoms with Gasteiger partial charge in [-0.1, -0.05) is 17.7 Å². The molecule has 1 aliphatic heterocycles. The van der Waals surface area contributed by atoms with Gasteiger partial charge < -0.3 is 4.90 Å². The normalized spacial score (nSPS) is 14.5. The van der Waals surface area contributed by atoms with Crippen LogP contribution in [0.25, 0.3) is 0 Å². The summed E-state index contributed by atoms with van der Waals surface area (Å²) in [5, 5.41) is 0.590. The fraction of sp³-hybridized carbons (Fsp3) is 0.417. The van der Waals surface area contributed by atoms with Gasteiger partial charge >= 0.3 is 0 Å². The van der Waals surface area contributed by atoms with Crippen LogP contribution in [0.5, 0.6) is 0 Å². The number of fused-ring (bicyclic) bond motifs is 1. The molecule has 1 aromatic rings. The second-order valence-corrected chi connectivity index (χ2v) is 6.75. The highest BCUT2D eigenvalue weighted by atomic mass is 35.5. The van der Waals surface area contributed by atoms with Crippen LogP contribution in [0, 0.1) is 0 Å². The fourth-order valence-corrected chi connectivity index (χ4v) is 2.73. The molecule has 0 saturated heterocycles. The third-order valence-electron chi connectivity index (χ3n) is 2.95. The molecule has 0 bridgehead atoms. The molecule has 0 radical (unpaired) electrons. The monoisotopic (exact) mass is 302 g/mol. The minimum Gasteiger partial charge on any atom is -0.312 e. The summed E-state index contributed by atoms with van der Waals surface area (Å²) in [7, 11) is -3.25. The van der Waals surface area contributed by atoms with E-state index in [0.717, 1.165) is 23.9 Å². The largest absolute Gasteiger partial charge is 0.312 e.